The first kappa shape index (κ1) is 18.4. The van der Waals surface area contributed by atoms with Crippen molar-refractivity contribution in [1.29, 1.82) is 0 Å². The van der Waals surface area contributed by atoms with E-state index in [4.69, 9.17) is 9.47 Å². The van der Waals surface area contributed by atoms with E-state index in [0.29, 0.717) is 23.8 Å². The molecule has 0 fully saturated rings. The molecule has 1 aliphatic heterocycles. The van der Waals surface area contributed by atoms with Gasteiger partial charge in [0, 0.05) is 10.6 Å². The van der Waals surface area contributed by atoms with Gasteiger partial charge in [-0.15, -0.1) is 11.3 Å². The van der Waals surface area contributed by atoms with Gasteiger partial charge in [0.2, 0.25) is 5.76 Å². The van der Waals surface area contributed by atoms with Crippen molar-refractivity contribution in [3.8, 4) is 0 Å². The summed E-state index contributed by atoms with van der Waals surface area (Å²) in [7, 11) is 0. The van der Waals surface area contributed by atoms with Crippen LogP contribution in [0.15, 0.2) is 17.1 Å². The van der Waals surface area contributed by atoms with E-state index in [9.17, 15) is 9.59 Å². The Kier molecular flexibility index (Phi) is 5.92. The van der Waals surface area contributed by atoms with Gasteiger partial charge in [0.25, 0.3) is 11.8 Å². The lowest BCUT2D eigenvalue weighted by Crippen LogP contribution is -2.24. The number of hydrogen-bond donors (Lipinski definition) is 2. The fraction of sp³-hybridized carbons (Fsp3) is 0.500. The van der Waals surface area contributed by atoms with Gasteiger partial charge in [0.1, 0.15) is 24.5 Å². The highest BCUT2D eigenvalue weighted by atomic mass is 32.1. The van der Waals surface area contributed by atoms with Crippen molar-refractivity contribution in [2.75, 3.05) is 18.5 Å². The van der Waals surface area contributed by atoms with Crippen LogP contribution in [0.5, 0.6) is 0 Å². The van der Waals surface area contributed by atoms with Crippen molar-refractivity contribution in [2.24, 2.45) is 5.10 Å². The number of amides is 2. The van der Waals surface area contributed by atoms with E-state index in [2.05, 4.69) is 15.8 Å². The summed E-state index contributed by atoms with van der Waals surface area (Å²) < 4.78 is 10.5. The normalized spacial score (nSPS) is 16.2. The molecule has 7 nitrogen and oxygen atoms in total. The van der Waals surface area contributed by atoms with E-state index in [1.165, 1.54) is 17.6 Å². The highest BCUT2D eigenvalue weighted by molar-refractivity contribution is 7.17. The second-order valence-electron chi connectivity index (χ2n) is 6.42. The van der Waals surface area contributed by atoms with Gasteiger partial charge in [-0.05, 0) is 45.1 Å². The lowest BCUT2D eigenvalue weighted by Gasteiger charge is -2.15. The number of rotatable bonds is 4. The summed E-state index contributed by atoms with van der Waals surface area (Å²) in [5.41, 5.74) is 4.88. The molecular weight excluding hydrogens is 354 g/mol. The number of anilines is 1. The third-order valence-electron chi connectivity index (χ3n) is 4.13. The number of carbonyl (C=O) groups is 2. The minimum absolute atomic E-state index is 0.119. The van der Waals surface area contributed by atoms with Crippen LogP contribution < -0.4 is 10.7 Å². The van der Waals surface area contributed by atoms with Crippen molar-refractivity contribution >= 4 is 33.9 Å². The van der Waals surface area contributed by atoms with Crippen molar-refractivity contribution in [2.45, 2.75) is 46.0 Å². The van der Waals surface area contributed by atoms with Gasteiger partial charge in [-0.3, -0.25) is 9.59 Å². The first-order valence-corrected chi connectivity index (χ1v) is 9.59. The Hall–Kier alpha value is -2.35. The van der Waals surface area contributed by atoms with Gasteiger partial charge in [-0.1, -0.05) is 6.42 Å². The number of hydrazone groups is 1. The Bertz CT molecular complexity index is 763. The van der Waals surface area contributed by atoms with Crippen LogP contribution in [0, 0.1) is 0 Å². The molecule has 1 aromatic heterocycles. The molecule has 0 saturated heterocycles. The number of nitrogens with zero attached hydrogens (tertiary/aromatic N) is 1. The largest absolute Gasteiger partial charge is 0.494 e. The number of thiophene rings is 1. The molecule has 0 radical (unpaired) electrons. The Morgan fingerprint density at radius 2 is 1.92 bits per heavy atom. The summed E-state index contributed by atoms with van der Waals surface area (Å²) in [5.74, 6) is -0.588. The molecule has 0 unspecified atom stereocenters. The lowest BCUT2D eigenvalue weighted by atomic mass is 10.1. The molecule has 2 heterocycles. The second kappa shape index (κ2) is 8.35. The molecule has 1 aromatic rings. The monoisotopic (exact) mass is 377 g/mol. The Balaban J connectivity index is 1.90. The molecule has 0 saturated carbocycles. The minimum atomic E-state index is -0.412. The molecule has 0 bridgehead atoms. The predicted octanol–water partition coefficient (Wildman–Crippen LogP) is 2.97. The summed E-state index contributed by atoms with van der Waals surface area (Å²) in [6.45, 7) is 4.37. The zero-order valence-electron chi connectivity index (χ0n) is 15.0. The molecule has 26 heavy (non-hydrogen) atoms. The summed E-state index contributed by atoms with van der Waals surface area (Å²) in [6, 6.07) is 0. The molecule has 140 valence electrons. The van der Waals surface area contributed by atoms with Crippen molar-refractivity contribution in [1.82, 2.24) is 5.43 Å². The molecule has 0 atom stereocenters. The summed E-state index contributed by atoms with van der Waals surface area (Å²) in [5, 5.41) is 7.38. The third kappa shape index (κ3) is 4.24. The van der Waals surface area contributed by atoms with Crippen LogP contribution >= 0.6 is 11.3 Å². The summed E-state index contributed by atoms with van der Waals surface area (Å²) in [6.07, 6.45) is 6.35. The Labute approximate surface area is 156 Å². The fourth-order valence-corrected chi connectivity index (χ4v) is 4.22. The topological polar surface area (TPSA) is 89.0 Å². The van der Waals surface area contributed by atoms with Crippen molar-refractivity contribution in [3.05, 3.63) is 28.0 Å². The van der Waals surface area contributed by atoms with Gasteiger partial charge < -0.3 is 14.8 Å². The SMILES string of the molecule is CC(C)=NNC(=O)c1c(NC(=O)C2=COCCO2)sc2c1CCCCC2. The van der Waals surface area contributed by atoms with Gasteiger partial charge in [0.05, 0.1) is 5.56 Å². The van der Waals surface area contributed by atoms with Crippen LogP contribution in [0.25, 0.3) is 0 Å². The molecule has 2 amide bonds. The maximum atomic E-state index is 12.7. The molecule has 0 spiro atoms. The quantitative estimate of drug-likeness (QED) is 0.480. The first-order chi connectivity index (χ1) is 12.6. The first-order valence-electron chi connectivity index (χ1n) is 8.78. The maximum absolute atomic E-state index is 12.7. The van der Waals surface area contributed by atoms with E-state index in [1.54, 1.807) is 0 Å². The molecule has 2 N–H and O–H groups in total. The van der Waals surface area contributed by atoms with Gasteiger partial charge >= 0.3 is 0 Å². The molecule has 2 aliphatic rings. The number of nitrogens with one attached hydrogen (secondary N) is 2. The second-order valence-corrected chi connectivity index (χ2v) is 7.53. The summed E-state index contributed by atoms with van der Waals surface area (Å²) >= 11 is 1.47. The highest BCUT2D eigenvalue weighted by Gasteiger charge is 2.27. The third-order valence-corrected chi connectivity index (χ3v) is 5.34. The van der Waals surface area contributed by atoms with E-state index in [-0.39, 0.29) is 11.7 Å². The standard InChI is InChI=1S/C18H23N3O4S/c1-11(2)20-21-17(23)15-12-6-4-3-5-7-14(12)26-18(15)19-16(22)13-10-24-8-9-25-13/h10H,3-9H2,1-2H3,(H,19,22)(H,21,23). The summed E-state index contributed by atoms with van der Waals surface area (Å²) in [4.78, 5) is 26.4. The van der Waals surface area contributed by atoms with E-state index in [1.807, 2.05) is 13.8 Å². The van der Waals surface area contributed by atoms with Crippen LogP contribution in [0.3, 0.4) is 0 Å². The zero-order valence-corrected chi connectivity index (χ0v) is 15.8. The number of ether oxygens (including phenoxy) is 2. The van der Waals surface area contributed by atoms with Gasteiger partial charge in [-0.25, -0.2) is 5.43 Å². The fourth-order valence-electron chi connectivity index (χ4n) is 2.94. The minimum Gasteiger partial charge on any atom is -0.494 e. The molecule has 3 rings (SSSR count). The molecule has 1 aliphatic carbocycles. The van der Waals surface area contributed by atoms with Crippen molar-refractivity contribution < 1.29 is 19.1 Å². The number of fused-ring (bicyclic) bond motifs is 1. The van der Waals surface area contributed by atoms with Crippen LogP contribution in [0.1, 0.15) is 53.9 Å². The average Bonchev–Trinajstić information content (AvgIpc) is 2.81. The number of hydrogen-bond acceptors (Lipinski definition) is 6. The van der Waals surface area contributed by atoms with E-state index in [0.717, 1.165) is 48.3 Å². The van der Waals surface area contributed by atoms with Crippen LogP contribution in [-0.2, 0) is 27.1 Å². The van der Waals surface area contributed by atoms with Crippen LogP contribution in [-0.4, -0.2) is 30.7 Å². The van der Waals surface area contributed by atoms with E-state index < -0.39 is 5.91 Å². The molecular formula is C18H23N3O4S. The zero-order chi connectivity index (χ0) is 18.5. The molecule has 0 aromatic carbocycles. The van der Waals surface area contributed by atoms with Gasteiger partial charge in [-0.2, -0.15) is 5.10 Å². The van der Waals surface area contributed by atoms with Crippen molar-refractivity contribution in [3.63, 3.8) is 0 Å². The highest BCUT2D eigenvalue weighted by Crippen LogP contribution is 2.37. The smallest absolute Gasteiger partial charge is 0.294 e. The number of carbonyl (C=O) groups excluding carboxylic acids is 2. The predicted molar refractivity (Wildman–Crippen MR) is 100 cm³/mol. The number of aryl methyl sites for hydroxylation is 1. The Morgan fingerprint density at radius 3 is 2.65 bits per heavy atom. The van der Waals surface area contributed by atoms with Crippen LogP contribution in [0.4, 0.5) is 5.00 Å². The van der Waals surface area contributed by atoms with Crippen LogP contribution in [0.2, 0.25) is 0 Å². The Morgan fingerprint density at radius 1 is 1.12 bits per heavy atom. The lowest BCUT2D eigenvalue weighted by molar-refractivity contribution is -0.117. The maximum Gasteiger partial charge on any atom is 0.294 e. The van der Waals surface area contributed by atoms with Gasteiger partial charge in [0.15, 0.2) is 0 Å². The molecule has 8 heteroatoms. The average molecular weight is 377 g/mol. The van der Waals surface area contributed by atoms with E-state index >= 15 is 0 Å².